The van der Waals surface area contributed by atoms with E-state index in [0.29, 0.717) is 18.1 Å². The van der Waals surface area contributed by atoms with Crippen LogP contribution in [-0.4, -0.2) is 40.3 Å². The van der Waals surface area contributed by atoms with Crippen LogP contribution < -0.4 is 0 Å². The molecule has 1 fully saturated rings. The summed E-state index contributed by atoms with van der Waals surface area (Å²) in [4.78, 5) is 13.0. The highest BCUT2D eigenvalue weighted by Gasteiger charge is 2.20. The second-order valence-electron chi connectivity index (χ2n) is 4.50. The Labute approximate surface area is 99.6 Å². The Balaban J connectivity index is 1.99. The molecule has 2 rings (SSSR count). The minimum atomic E-state index is -0.952. The quantitative estimate of drug-likeness (QED) is 0.830. The van der Waals surface area contributed by atoms with E-state index in [1.807, 2.05) is 0 Å². The zero-order valence-corrected chi connectivity index (χ0v) is 9.85. The summed E-state index contributed by atoms with van der Waals surface area (Å²) < 4.78 is 5.42. The maximum absolute atomic E-state index is 10.9. The molecule has 0 bridgehead atoms. The summed E-state index contributed by atoms with van der Waals surface area (Å²) in [7, 11) is 0. The number of hydrogen-bond acceptors (Lipinski definition) is 4. The molecule has 0 aliphatic carbocycles. The number of piperidine rings is 1. The van der Waals surface area contributed by atoms with Gasteiger partial charge < -0.3 is 14.6 Å². The minimum absolute atomic E-state index is 0.195. The molecule has 0 atom stereocenters. The fourth-order valence-corrected chi connectivity index (χ4v) is 2.13. The molecule has 1 aromatic heterocycles. The first-order valence-electron chi connectivity index (χ1n) is 5.79. The van der Waals surface area contributed by atoms with E-state index in [1.165, 1.54) is 0 Å². The van der Waals surface area contributed by atoms with Crippen molar-refractivity contribution in [3.05, 3.63) is 23.2 Å². The maximum atomic E-state index is 10.9. The van der Waals surface area contributed by atoms with Gasteiger partial charge in [-0.2, -0.15) is 0 Å². The average Bonchev–Trinajstić information content (AvgIpc) is 2.63. The number of aliphatic hydroxyl groups excluding tert-OH is 1. The van der Waals surface area contributed by atoms with Crippen LogP contribution in [0.25, 0.3) is 0 Å². The number of likely N-dealkylation sites (tertiary alicyclic amines) is 1. The molecule has 5 heteroatoms. The van der Waals surface area contributed by atoms with Crippen LogP contribution in [0.5, 0.6) is 0 Å². The predicted octanol–water partition coefficient (Wildman–Crippen LogP) is 1.24. The molecule has 0 spiro atoms. The lowest BCUT2D eigenvalue weighted by molar-refractivity contribution is 0.0694. The number of carbonyl (C=O) groups is 1. The molecule has 0 amide bonds. The van der Waals surface area contributed by atoms with E-state index in [0.717, 1.165) is 25.9 Å². The third-order valence-electron chi connectivity index (χ3n) is 3.14. The summed E-state index contributed by atoms with van der Waals surface area (Å²) in [6.45, 7) is 3.92. The van der Waals surface area contributed by atoms with Crippen LogP contribution in [0.2, 0.25) is 0 Å². The minimum Gasteiger partial charge on any atom is -0.478 e. The van der Waals surface area contributed by atoms with Crippen LogP contribution in [0.4, 0.5) is 0 Å². The summed E-state index contributed by atoms with van der Waals surface area (Å²) in [5.41, 5.74) is 0.233. The molecule has 0 radical (unpaired) electrons. The van der Waals surface area contributed by atoms with Crippen molar-refractivity contribution in [1.29, 1.82) is 0 Å². The molecule has 2 heterocycles. The van der Waals surface area contributed by atoms with E-state index in [4.69, 9.17) is 9.52 Å². The van der Waals surface area contributed by atoms with E-state index in [-0.39, 0.29) is 11.7 Å². The number of aliphatic hydroxyl groups is 1. The number of carboxylic acid groups (broad SMARTS) is 1. The highest BCUT2D eigenvalue weighted by Crippen LogP contribution is 2.18. The first-order valence-corrected chi connectivity index (χ1v) is 5.79. The van der Waals surface area contributed by atoms with Gasteiger partial charge in [0.25, 0.3) is 0 Å². The first kappa shape index (κ1) is 12.1. The summed E-state index contributed by atoms with van der Waals surface area (Å²) in [6.07, 6.45) is 1.34. The zero-order valence-electron chi connectivity index (χ0n) is 9.85. The van der Waals surface area contributed by atoms with E-state index >= 15 is 0 Å². The maximum Gasteiger partial charge on any atom is 0.339 e. The fourth-order valence-electron chi connectivity index (χ4n) is 2.13. The fraction of sp³-hybridized carbons (Fsp3) is 0.583. The third kappa shape index (κ3) is 2.87. The van der Waals surface area contributed by atoms with Crippen molar-refractivity contribution in [2.24, 2.45) is 0 Å². The Bertz CT molecular complexity index is 405. The zero-order chi connectivity index (χ0) is 12.4. The van der Waals surface area contributed by atoms with Crippen LogP contribution >= 0.6 is 0 Å². The van der Waals surface area contributed by atoms with Crippen LogP contribution in [0.15, 0.2) is 10.5 Å². The van der Waals surface area contributed by atoms with Crippen molar-refractivity contribution >= 4 is 5.97 Å². The monoisotopic (exact) mass is 239 g/mol. The summed E-state index contributed by atoms with van der Waals surface area (Å²) in [5, 5.41) is 18.3. The van der Waals surface area contributed by atoms with Gasteiger partial charge in [0.1, 0.15) is 17.1 Å². The van der Waals surface area contributed by atoms with Gasteiger partial charge in [-0.05, 0) is 25.8 Å². The number of carboxylic acids is 1. The van der Waals surface area contributed by atoms with Crippen LogP contribution in [-0.2, 0) is 6.54 Å². The molecule has 0 saturated carbocycles. The summed E-state index contributed by atoms with van der Waals surface area (Å²) in [6, 6.07) is 1.59. The lowest BCUT2D eigenvalue weighted by Crippen LogP contribution is -2.35. The molecule has 0 aromatic carbocycles. The molecule has 94 valence electrons. The number of aromatic carboxylic acids is 1. The van der Waals surface area contributed by atoms with Crippen molar-refractivity contribution in [3.63, 3.8) is 0 Å². The molecule has 1 aromatic rings. The molecule has 1 aliphatic heterocycles. The number of hydrogen-bond donors (Lipinski definition) is 2. The average molecular weight is 239 g/mol. The summed E-state index contributed by atoms with van der Waals surface area (Å²) in [5.74, 6) is 0.174. The van der Waals surface area contributed by atoms with Crippen molar-refractivity contribution in [3.8, 4) is 0 Å². The van der Waals surface area contributed by atoms with Gasteiger partial charge in [0, 0.05) is 13.1 Å². The lowest BCUT2D eigenvalue weighted by Gasteiger charge is -2.28. The van der Waals surface area contributed by atoms with Crippen molar-refractivity contribution in [1.82, 2.24) is 4.90 Å². The van der Waals surface area contributed by atoms with Gasteiger partial charge >= 0.3 is 5.97 Å². The molecule has 17 heavy (non-hydrogen) atoms. The predicted molar refractivity (Wildman–Crippen MR) is 60.9 cm³/mol. The molecule has 2 N–H and O–H groups in total. The molecular formula is C12H17NO4. The Hall–Kier alpha value is -1.33. The first-order chi connectivity index (χ1) is 8.06. The van der Waals surface area contributed by atoms with E-state index < -0.39 is 5.97 Å². The van der Waals surface area contributed by atoms with Crippen molar-refractivity contribution in [2.45, 2.75) is 32.4 Å². The molecule has 1 aliphatic rings. The van der Waals surface area contributed by atoms with Crippen molar-refractivity contribution in [2.75, 3.05) is 13.1 Å². The second-order valence-corrected chi connectivity index (χ2v) is 4.50. The van der Waals surface area contributed by atoms with E-state index in [1.54, 1.807) is 13.0 Å². The lowest BCUT2D eigenvalue weighted by atomic mass is 10.1. The van der Waals surface area contributed by atoms with Crippen LogP contribution in [0, 0.1) is 6.92 Å². The third-order valence-corrected chi connectivity index (χ3v) is 3.14. The molecule has 5 nitrogen and oxygen atoms in total. The second kappa shape index (κ2) is 4.89. The highest BCUT2D eigenvalue weighted by molar-refractivity contribution is 5.88. The normalized spacial score (nSPS) is 18.5. The molecular weight excluding hydrogens is 222 g/mol. The van der Waals surface area contributed by atoms with Crippen LogP contribution in [0.3, 0.4) is 0 Å². The van der Waals surface area contributed by atoms with Gasteiger partial charge in [-0.1, -0.05) is 0 Å². The largest absolute Gasteiger partial charge is 0.478 e. The smallest absolute Gasteiger partial charge is 0.339 e. The van der Waals surface area contributed by atoms with Crippen LogP contribution in [0.1, 0.15) is 34.7 Å². The Morgan fingerprint density at radius 1 is 1.53 bits per heavy atom. The Kier molecular flexibility index (Phi) is 3.49. The number of aryl methyl sites for hydroxylation is 1. The molecule has 0 unspecified atom stereocenters. The summed E-state index contributed by atoms with van der Waals surface area (Å²) >= 11 is 0. The molecule has 1 saturated heterocycles. The topological polar surface area (TPSA) is 73.9 Å². The van der Waals surface area contributed by atoms with Crippen molar-refractivity contribution < 1.29 is 19.4 Å². The van der Waals surface area contributed by atoms with E-state index in [9.17, 15) is 9.90 Å². The standard InChI is InChI=1S/C12H17NO4/c1-8-11(12(15)16)6-10(17-8)7-13-4-2-9(14)3-5-13/h6,9,14H,2-5,7H2,1H3,(H,15,16). The number of nitrogens with zero attached hydrogens (tertiary/aromatic N) is 1. The number of rotatable bonds is 3. The Morgan fingerprint density at radius 2 is 2.18 bits per heavy atom. The van der Waals surface area contributed by atoms with Gasteiger partial charge in [-0.25, -0.2) is 4.79 Å². The van der Waals surface area contributed by atoms with Gasteiger partial charge in [-0.15, -0.1) is 0 Å². The SMILES string of the molecule is Cc1oc(CN2CCC(O)CC2)cc1C(=O)O. The van der Waals surface area contributed by atoms with Gasteiger partial charge in [0.05, 0.1) is 12.6 Å². The van der Waals surface area contributed by atoms with Gasteiger partial charge in [-0.3, -0.25) is 4.90 Å². The van der Waals surface area contributed by atoms with Gasteiger partial charge in [0.2, 0.25) is 0 Å². The van der Waals surface area contributed by atoms with E-state index in [2.05, 4.69) is 4.90 Å². The van der Waals surface area contributed by atoms with Gasteiger partial charge in [0.15, 0.2) is 0 Å². The number of furan rings is 1. The Morgan fingerprint density at radius 3 is 2.71 bits per heavy atom. The highest BCUT2D eigenvalue weighted by atomic mass is 16.4.